The Balaban J connectivity index is 1.47. The summed E-state index contributed by atoms with van der Waals surface area (Å²) in [6, 6.07) is -1.36. The van der Waals surface area contributed by atoms with E-state index in [1.54, 1.807) is 17.0 Å². The first-order chi connectivity index (χ1) is 13.3. The van der Waals surface area contributed by atoms with Crippen LogP contribution in [-0.2, 0) is 19.5 Å². The van der Waals surface area contributed by atoms with Crippen LogP contribution in [0.25, 0.3) is 5.70 Å². The fraction of sp³-hybridized carbons (Fsp3) is 0.500. The molecule has 4 rings (SSSR count). The zero-order valence-electron chi connectivity index (χ0n) is 14.7. The Morgan fingerprint density at radius 1 is 1.25 bits per heavy atom. The molecule has 3 aliphatic heterocycles. The molecule has 2 bridgehead atoms. The number of fused-ring (bicyclic) bond motifs is 2. The van der Waals surface area contributed by atoms with Gasteiger partial charge in [-0.1, -0.05) is 0 Å². The van der Waals surface area contributed by atoms with Gasteiger partial charge in [-0.2, -0.15) is 14.4 Å². The molecular formula is C14H17BN6O6S-. The molecule has 1 aromatic rings. The maximum absolute atomic E-state index is 12.2. The van der Waals surface area contributed by atoms with Crippen molar-refractivity contribution in [1.29, 1.82) is 0 Å². The van der Waals surface area contributed by atoms with E-state index in [1.165, 1.54) is 12.3 Å². The molecule has 14 heteroatoms. The molecule has 0 aliphatic carbocycles. The largest absolute Gasteiger partial charge is 0.724 e. The van der Waals surface area contributed by atoms with E-state index >= 15 is 0 Å². The number of rotatable bonds is 6. The Labute approximate surface area is 162 Å². The van der Waals surface area contributed by atoms with Crippen molar-refractivity contribution in [3.63, 3.8) is 0 Å². The predicted molar refractivity (Wildman–Crippen MR) is 96.2 cm³/mol. The normalized spacial score (nSPS) is 23.2. The van der Waals surface area contributed by atoms with Crippen molar-refractivity contribution in [2.24, 2.45) is 0 Å². The number of piperazine rings is 1. The first kappa shape index (κ1) is 18.9. The van der Waals surface area contributed by atoms with Crippen LogP contribution in [0.2, 0.25) is 0 Å². The van der Waals surface area contributed by atoms with Crippen LogP contribution >= 0.6 is 0 Å². The fourth-order valence-corrected chi connectivity index (χ4v) is 3.94. The highest BCUT2D eigenvalue weighted by Gasteiger charge is 2.42. The lowest BCUT2D eigenvalue weighted by Crippen LogP contribution is -2.48. The summed E-state index contributed by atoms with van der Waals surface area (Å²) in [5.41, 5.74) is 1.58. The monoisotopic (exact) mass is 408 g/mol. The SMILES string of the molecule is O=C[B]N1CCN(c2cnn(C3=CC4CN(C3)C(=O)N4OS(=O)(=O)[O-])c2)CC1. The highest BCUT2D eigenvalue weighted by atomic mass is 32.3. The van der Waals surface area contributed by atoms with Gasteiger partial charge in [0, 0.05) is 32.7 Å². The van der Waals surface area contributed by atoms with Crippen LogP contribution in [0.4, 0.5) is 10.5 Å². The minimum atomic E-state index is -5.04. The predicted octanol–water partition coefficient (Wildman–Crippen LogP) is -1.83. The molecule has 1 unspecified atom stereocenters. The van der Waals surface area contributed by atoms with Crippen molar-refractivity contribution in [2.45, 2.75) is 6.04 Å². The van der Waals surface area contributed by atoms with E-state index in [4.69, 9.17) is 0 Å². The quantitative estimate of drug-likeness (QED) is 0.231. The van der Waals surface area contributed by atoms with E-state index in [0.717, 1.165) is 38.1 Å². The summed E-state index contributed by atoms with van der Waals surface area (Å²) in [6.07, 6.45) is 5.99. The van der Waals surface area contributed by atoms with E-state index in [0.29, 0.717) is 10.8 Å². The Bertz CT molecular complexity index is 911. The fourth-order valence-electron chi connectivity index (χ4n) is 3.57. The summed E-state index contributed by atoms with van der Waals surface area (Å²) in [5, 5.41) is 4.93. The molecule has 1 aromatic heterocycles. The summed E-state index contributed by atoms with van der Waals surface area (Å²) >= 11 is 0. The van der Waals surface area contributed by atoms with Crippen LogP contribution < -0.4 is 4.90 Å². The minimum absolute atomic E-state index is 0.220. The van der Waals surface area contributed by atoms with E-state index < -0.39 is 22.5 Å². The molecule has 4 heterocycles. The zero-order chi connectivity index (χ0) is 19.9. The van der Waals surface area contributed by atoms with Gasteiger partial charge >= 0.3 is 6.03 Å². The molecule has 0 aromatic carbocycles. The van der Waals surface area contributed by atoms with Gasteiger partial charge in [0.15, 0.2) is 0 Å². The average Bonchev–Trinajstić information content (AvgIpc) is 3.22. The van der Waals surface area contributed by atoms with E-state index in [9.17, 15) is 22.6 Å². The van der Waals surface area contributed by atoms with Crippen LogP contribution in [0.5, 0.6) is 0 Å². The van der Waals surface area contributed by atoms with Crippen molar-refractivity contribution in [3.05, 3.63) is 18.5 Å². The highest BCUT2D eigenvalue weighted by Crippen LogP contribution is 2.28. The Hall–Kier alpha value is -2.42. The molecule has 12 nitrogen and oxygen atoms in total. The van der Waals surface area contributed by atoms with Crippen molar-refractivity contribution in [3.8, 4) is 0 Å². The number of hydrogen-bond acceptors (Lipinski definition) is 9. The van der Waals surface area contributed by atoms with Gasteiger partial charge in [0.25, 0.3) is 7.41 Å². The minimum Gasteiger partial charge on any atom is -0.724 e. The maximum Gasteiger partial charge on any atom is 0.346 e. The molecule has 2 fully saturated rings. The number of anilines is 1. The third kappa shape index (κ3) is 3.76. The van der Waals surface area contributed by atoms with Crippen LogP contribution in [0.15, 0.2) is 18.5 Å². The number of carbonyl (C=O) groups excluding carboxylic acids is 2. The van der Waals surface area contributed by atoms with Gasteiger partial charge in [0.05, 0.1) is 36.5 Å². The summed E-state index contributed by atoms with van der Waals surface area (Å²) in [4.78, 5) is 28.2. The average molecular weight is 408 g/mol. The van der Waals surface area contributed by atoms with Gasteiger partial charge in [0.2, 0.25) is 10.4 Å². The van der Waals surface area contributed by atoms with Gasteiger partial charge < -0.3 is 24.0 Å². The van der Waals surface area contributed by atoms with Gasteiger partial charge in [-0.3, -0.25) is 0 Å². The smallest absolute Gasteiger partial charge is 0.346 e. The molecular weight excluding hydrogens is 391 g/mol. The van der Waals surface area contributed by atoms with Crippen molar-refractivity contribution < 1.29 is 26.8 Å². The van der Waals surface area contributed by atoms with Gasteiger partial charge in [-0.15, -0.1) is 0 Å². The molecule has 0 spiro atoms. The second kappa shape index (κ2) is 7.20. The van der Waals surface area contributed by atoms with Crippen LogP contribution in [0, 0.1) is 0 Å². The number of amides is 2. The number of aromatic nitrogens is 2. The molecule has 0 N–H and O–H groups in total. The maximum atomic E-state index is 12.2. The van der Waals surface area contributed by atoms with Gasteiger partial charge in [0.1, 0.15) is 6.04 Å². The summed E-state index contributed by atoms with van der Waals surface area (Å²) in [5.74, 6) is 0. The molecule has 149 valence electrons. The number of urea groups is 1. The number of hydroxylamine groups is 2. The van der Waals surface area contributed by atoms with E-state index in [-0.39, 0.29) is 13.1 Å². The molecule has 1 radical (unpaired) electrons. The highest BCUT2D eigenvalue weighted by molar-refractivity contribution is 7.80. The molecule has 2 saturated heterocycles. The topological polar surface area (TPSA) is 131 Å². The lowest BCUT2D eigenvalue weighted by atomic mass is 9.93. The summed E-state index contributed by atoms with van der Waals surface area (Å²) in [7, 11) is -3.51. The third-order valence-electron chi connectivity index (χ3n) is 4.89. The number of nitrogens with zero attached hydrogens (tertiary/aromatic N) is 6. The Morgan fingerprint density at radius 3 is 2.68 bits per heavy atom. The molecule has 1 atom stereocenters. The first-order valence-electron chi connectivity index (χ1n) is 8.61. The second-order valence-corrected chi connectivity index (χ2v) is 7.61. The van der Waals surface area contributed by atoms with Crippen molar-refractivity contribution >= 4 is 41.4 Å². The molecule has 3 aliphatic rings. The van der Waals surface area contributed by atoms with E-state index in [1.807, 2.05) is 11.0 Å². The van der Waals surface area contributed by atoms with E-state index in [2.05, 4.69) is 14.3 Å². The summed E-state index contributed by atoms with van der Waals surface area (Å²) in [6.45, 7) is 3.40. The molecule has 2 amide bonds. The van der Waals surface area contributed by atoms with Gasteiger partial charge in [-0.25, -0.2) is 17.9 Å². The standard InChI is InChI=1S/C14H18BN6O6S/c22-10-15-19-3-1-17(2-4-19)13-6-16-20(9-13)11-5-12-8-18(7-11)14(23)21(12)27-28(24,25)26/h5-6,9-10,12H,1-4,7-8H2,(H,24,25,26)/p-1. The van der Waals surface area contributed by atoms with Crippen LogP contribution in [0.3, 0.4) is 0 Å². The first-order valence-corrected chi connectivity index (χ1v) is 9.94. The Kier molecular flexibility index (Phi) is 4.87. The third-order valence-corrected chi connectivity index (χ3v) is 5.23. The second-order valence-electron chi connectivity index (χ2n) is 6.65. The van der Waals surface area contributed by atoms with Gasteiger partial charge in [-0.05, 0) is 6.08 Å². The number of carbonyl (C=O) groups is 2. The zero-order valence-corrected chi connectivity index (χ0v) is 15.6. The molecule has 28 heavy (non-hydrogen) atoms. The lowest BCUT2D eigenvalue weighted by molar-refractivity contribution is -0.0195. The van der Waals surface area contributed by atoms with Crippen molar-refractivity contribution in [1.82, 2.24) is 24.6 Å². The summed E-state index contributed by atoms with van der Waals surface area (Å²) < 4.78 is 38.5. The lowest BCUT2D eigenvalue weighted by Gasteiger charge is -2.34. The van der Waals surface area contributed by atoms with Crippen LogP contribution in [-0.4, -0.2) is 102 Å². The number of hydrogen-bond donors (Lipinski definition) is 0. The molecule has 0 saturated carbocycles. The Morgan fingerprint density at radius 2 is 2.00 bits per heavy atom. The van der Waals surface area contributed by atoms with Crippen molar-refractivity contribution in [2.75, 3.05) is 44.2 Å². The van der Waals surface area contributed by atoms with Crippen LogP contribution in [0.1, 0.15) is 0 Å².